The lowest BCUT2D eigenvalue weighted by Gasteiger charge is -2.10. The summed E-state index contributed by atoms with van der Waals surface area (Å²) in [4.78, 5) is 15.7. The molecule has 122 valence electrons. The third-order valence-electron chi connectivity index (χ3n) is 3.63. The van der Waals surface area contributed by atoms with Crippen LogP contribution in [-0.2, 0) is 6.54 Å². The molecule has 3 rings (SSSR count). The molecule has 0 spiro atoms. The van der Waals surface area contributed by atoms with Gasteiger partial charge in [-0.15, -0.1) is 0 Å². The highest BCUT2D eigenvalue weighted by Gasteiger charge is 2.09. The smallest absolute Gasteiger partial charge is 0.153 e. The Kier molecular flexibility index (Phi) is 4.76. The SMILES string of the molecule is COc1ccc(CNc2nc3cc(F)c(Br)cc3cc2C=O)cc1. The lowest BCUT2D eigenvalue weighted by Crippen LogP contribution is -2.05. The Hall–Kier alpha value is -2.47. The molecule has 24 heavy (non-hydrogen) atoms. The predicted octanol–water partition coefficient (Wildman–Crippen LogP) is 4.57. The van der Waals surface area contributed by atoms with E-state index in [1.54, 1.807) is 19.2 Å². The Morgan fingerprint density at radius 1 is 1.25 bits per heavy atom. The van der Waals surface area contributed by atoms with Crippen LogP contribution in [0.3, 0.4) is 0 Å². The van der Waals surface area contributed by atoms with Crippen molar-refractivity contribution >= 4 is 38.9 Å². The van der Waals surface area contributed by atoms with Gasteiger partial charge in [0, 0.05) is 18.0 Å². The van der Waals surface area contributed by atoms with Crippen molar-refractivity contribution < 1.29 is 13.9 Å². The topological polar surface area (TPSA) is 51.2 Å². The van der Waals surface area contributed by atoms with Crippen LogP contribution in [0.25, 0.3) is 10.9 Å². The molecule has 0 fully saturated rings. The molecule has 0 bridgehead atoms. The average molecular weight is 389 g/mol. The summed E-state index contributed by atoms with van der Waals surface area (Å²) in [6, 6.07) is 12.2. The van der Waals surface area contributed by atoms with Crippen LogP contribution in [0.4, 0.5) is 10.2 Å². The minimum atomic E-state index is -0.394. The molecule has 0 amide bonds. The third kappa shape index (κ3) is 3.38. The van der Waals surface area contributed by atoms with Gasteiger partial charge >= 0.3 is 0 Å². The van der Waals surface area contributed by atoms with Crippen molar-refractivity contribution in [1.29, 1.82) is 0 Å². The fraction of sp³-hybridized carbons (Fsp3) is 0.111. The number of benzene rings is 2. The average Bonchev–Trinajstić information content (AvgIpc) is 2.61. The van der Waals surface area contributed by atoms with E-state index >= 15 is 0 Å². The molecule has 1 heterocycles. The van der Waals surface area contributed by atoms with Crippen LogP contribution in [0, 0.1) is 5.82 Å². The summed E-state index contributed by atoms with van der Waals surface area (Å²) in [5.74, 6) is 0.808. The summed E-state index contributed by atoms with van der Waals surface area (Å²) in [5.41, 5.74) is 1.92. The summed E-state index contributed by atoms with van der Waals surface area (Å²) in [5, 5.41) is 3.82. The molecule has 0 radical (unpaired) electrons. The maximum absolute atomic E-state index is 13.7. The normalized spacial score (nSPS) is 10.6. The van der Waals surface area contributed by atoms with Gasteiger partial charge in [0.2, 0.25) is 0 Å². The van der Waals surface area contributed by atoms with E-state index < -0.39 is 5.82 Å². The van der Waals surface area contributed by atoms with E-state index in [0.29, 0.717) is 33.3 Å². The minimum Gasteiger partial charge on any atom is -0.497 e. The van der Waals surface area contributed by atoms with E-state index in [9.17, 15) is 9.18 Å². The molecule has 0 unspecified atom stereocenters. The maximum atomic E-state index is 13.7. The van der Waals surface area contributed by atoms with Crippen molar-refractivity contribution in [2.45, 2.75) is 6.54 Å². The van der Waals surface area contributed by atoms with E-state index in [1.165, 1.54) is 6.07 Å². The zero-order valence-corrected chi connectivity index (χ0v) is 14.4. The van der Waals surface area contributed by atoms with Gasteiger partial charge in [0.15, 0.2) is 6.29 Å². The van der Waals surface area contributed by atoms with E-state index in [4.69, 9.17) is 4.74 Å². The first kappa shape index (κ1) is 16.4. The van der Waals surface area contributed by atoms with E-state index in [0.717, 1.165) is 17.6 Å². The standard InChI is InChI=1S/C18H14BrFN2O2/c1-24-14-4-2-11(3-5-14)9-21-18-13(10-23)6-12-7-15(19)16(20)8-17(12)22-18/h2-8,10H,9H2,1H3,(H,21,22). The highest BCUT2D eigenvalue weighted by Crippen LogP contribution is 2.25. The van der Waals surface area contributed by atoms with Crippen molar-refractivity contribution in [2.24, 2.45) is 0 Å². The number of aldehydes is 1. The number of carbonyl (C=O) groups excluding carboxylic acids is 1. The summed E-state index contributed by atoms with van der Waals surface area (Å²) >= 11 is 3.14. The number of ether oxygens (including phenoxy) is 1. The van der Waals surface area contributed by atoms with E-state index in [-0.39, 0.29) is 0 Å². The van der Waals surface area contributed by atoms with Crippen molar-refractivity contribution in [3.63, 3.8) is 0 Å². The Labute approximate surface area is 146 Å². The van der Waals surface area contributed by atoms with Gasteiger partial charge in [0.05, 0.1) is 22.7 Å². The van der Waals surface area contributed by atoms with Gasteiger partial charge in [-0.3, -0.25) is 4.79 Å². The number of hydrogen-bond donors (Lipinski definition) is 1. The molecule has 0 saturated heterocycles. The Morgan fingerprint density at radius 2 is 2.00 bits per heavy atom. The first-order valence-electron chi connectivity index (χ1n) is 7.22. The minimum absolute atomic E-state index is 0.340. The molecule has 0 saturated carbocycles. The fourth-order valence-corrected chi connectivity index (χ4v) is 2.71. The summed E-state index contributed by atoms with van der Waals surface area (Å²) in [6.07, 6.45) is 0.736. The molecule has 1 N–H and O–H groups in total. The fourth-order valence-electron chi connectivity index (χ4n) is 2.35. The van der Waals surface area contributed by atoms with Gasteiger partial charge in [-0.25, -0.2) is 9.37 Å². The number of carbonyl (C=O) groups is 1. The van der Waals surface area contributed by atoms with Crippen LogP contribution in [-0.4, -0.2) is 18.4 Å². The molecule has 6 heteroatoms. The van der Waals surface area contributed by atoms with Gasteiger partial charge in [-0.05, 0) is 45.8 Å². The number of anilines is 1. The number of pyridine rings is 1. The number of aromatic nitrogens is 1. The molecule has 4 nitrogen and oxygen atoms in total. The van der Waals surface area contributed by atoms with Crippen molar-refractivity contribution in [2.75, 3.05) is 12.4 Å². The number of nitrogens with zero attached hydrogens (tertiary/aromatic N) is 1. The van der Waals surface area contributed by atoms with Crippen molar-refractivity contribution in [1.82, 2.24) is 4.98 Å². The highest BCUT2D eigenvalue weighted by atomic mass is 79.9. The van der Waals surface area contributed by atoms with Gasteiger partial charge in [0.1, 0.15) is 17.4 Å². The largest absolute Gasteiger partial charge is 0.497 e. The summed E-state index contributed by atoms with van der Waals surface area (Å²) in [7, 11) is 1.61. The maximum Gasteiger partial charge on any atom is 0.153 e. The van der Waals surface area contributed by atoms with E-state index in [1.807, 2.05) is 24.3 Å². The molecule has 2 aromatic carbocycles. The number of rotatable bonds is 5. The highest BCUT2D eigenvalue weighted by molar-refractivity contribution is 9.10. The van der Waals surface area contributed by atoms with Crippen molar-refractivity contribution in [3.8, 4) is 5.75 Å². The Balaban J connectivity index is 1.89. The Bertz CT molecular complexity index is 898. The quantitative estimate of drug-likeness (QED) is 0.650. The van der Waals surface area contributed by atoms with Crippen LogP contribution >= 0.6 is 15.9 Å². The molecule has 0 aliphatic carbocycles. The lowest BCUT2D eigenvalue weighted by atomic mass is 10.1. The second kappa shape index (κ2) is 6.97. The van der Waals surface area contributed by atoms with Gasteiger partial charge < -0.3 is 10.1 Å². The van der Waals surface area contributed by atoms with Crippen LogP contribution in [0.5, 0.6) is 5.75 Å². The predicted molar refractivity (Wildman–Crippen MR) is 95.1 cm³/mol. The van der Waals surface area contributed by atoms with Crippen molar-refractivity contribution in [3.05, 3.63) is 63.9 Å². The number of hydrogen-bond acceptors (Lipinski definition) is 4. The van der Waals surface area contributed by atoms with Crippen LogP contribution in [0.2, 0.25) is 0 Å². The second-order valence-electron chi connectivity index (χ2n) is 5.20. The first-order chi connectivity index (χ1) is 11.6. The van der Waals surface area contributed by atoms with Gasteiger partial charge in [0.25, 0.3) is 0 Å². The lowest BCUT2D eigenvalue weighted by molar-refractivity contribution is 0.112. The Morgan fingerprint density at radius 3 is 2.67 bits per heavy atom. The van der Waals surface area contributed by atoms with Crippen LogP contribution in [0.1, 0.15) is 15.9 Å². The second-order valence-corrected chi connectivity index (χ2v) is 6.06. The number of fused-ring (bicyclic) bond motifs is 1. The zero-order chi connectivity index (χ0) is 17.1. The molecular weight excluding hydrogens is 375 g/mol. The van der Waals surface area contributed by atoms with Crippen LogP contribution < -0.4 is 10.1 Å². The molecule has 1 aromatic heterocycles. The molecule has 3 aromatic rings. The zero-order valence-electron chi connectivity index (χ0n) is 12.8. The molecule has 0 atom stereocenters. The van der Waals surface area contributed by atoms with Gasteiger partial charge in [-0.1, -0.05) is 12.1 Å². The monoisotopic (exact) mass is 388 g/mol. The summed E-state index contributed by atoms with van der Waals surface area (Å²) < 4.78 is 19.2. The third-order valence-corrected chi connectivity index (χ3v) is 4.24. The molecule has 0 aliphatic heterocycles. The van der Waals surface area contributed by atoms with Crippen LogP contribution in [0.15, 0.2) is 46.9 Å². The van der Waals surface area contributed by atoms with Gasteiger partial charge in [-0.2, -0.15) is 0 Å². The molecular formula is C18H14BrFN2O2. The number of halogens is 2. The number of methoxy groups -OCH3 is 1. The van der Waals surface area contributed by atoms with E-state index in [2.05, 4.69) is 26.2 Å². The molecule has 0 aliphatic rings. The first-order valence-corrected chi connectivity index (χ1v) is 8.02. The number of nitrogens with one attached hydrogen (secondary N) is 1. The summed E-state index contributed by atoms with van der Waals surface area (Å²) in [6.45, 7) is 0.488.